The van der Waals surface area contributed by atoms with Crippen LogP contribution in [0.2, 0.25) is 0 Å². The van der Waals surface area contributed by atoms with E-state index in [4.69, 9.17) is 19.9 Å². The molecule has 0 saturated heterocycles. The van der Waals surface area contributed by atoms with E-state index in [9.17, 15) is 19.5 Å². The standard InChI is InChI=1S/C19H26N2O7/c1-11-4-6-19(7-5-11,18(24)25)21-17(23)12-8-13(26-2)16(14(9-12)27-3)28-10-15(20)22/h8-9,11H,4-7,10H2,1-3H3,(H2,20,22)(H,21,23)(H,24,25). The molecule has 1 aromatic carbocycles. The molecule has 1 aromatic rings. The van der Waals surface area contributed by atoms with Crippen molar-refractivity contribution >= 4 is 17.8 Å². The molecule has 0 aliphatic heterocycles. The Labute approximate surface area is 163 Å². The third kappa shape index (κ3) is 4.65. The highest BCUT2D eigenvalue weighted by Gasteiger charge is 2.42. The van der Waals surface area contributed by atoms with Gasteiger partial charge < -0.3 is 30.4 Å². The molecular weight excluding hydrogens is 368 g/mol. The van der Waals surface area contributed by atoms with Crippen LogP contribution in [0.3, 0.4) is 0 Å². The van der Waals surface area contributed by atoms with Gasteiger partial charge in [0.1, 0.15) is 5.54 Å². The van der Waals surface area contributed by atoms with Crippen molar-refractivity contribution in [1.29, 1.82) is 0 Å². The number of carboxylic acids is 1. The Balaban J connectivity index is 2.31. The third-order valence-electron chi connectivity index (χ3n) is 4.97. The summed E-state index contributed by atoms with van der Waals surface area (Å²) in [4.78, 5) is 35.7. The predicted octanol–water partition coefficient (Wildman–Crippen LogP) is 1.33. The lowest BCUT2D eigenvalue weighted by molar-refractivity contribution is -0.146. The molecule has 9 heteroatoms. The van der Waals surface area contributed by atoms with Crippen molar-refractivity contribution in [3.63, 3.8) is 0 Å². The predicted molar refractivity (Wildman–Crippen MR) is 99.7 cm³/mol. The second kappa shape index (κ2) is 8.81. The highest BCUT2D eigenvalue weighted by Crippen LogP contribution is 2.39. The van der Waals surface area contributed by atoms with Crippen LogP contribution in [0.15, 0.2) is 12.1 Å². The Kier molecular flexibility index (Phi) is 6.71. The zero-order valence-corrected chi connectivity index (χ0v) is 16.2. The maximum atomic E-state index is 12.8. The van der Waals surface area contributed by atoms with Crippen LogP contribution in [0.4, 0.5) is 0 Å². The third-order valence-corrected chi connectivity index (χ3v) is 4.97. The number of nitrogens with two attached hydrogens (primary N) is 1. The number of primary amides is 1. The van der Waals surface area contributed by atoms with Gasteiger partial charge in [0.25, 0.3) is 11.8 Å². The summed E-state index contributed by atoms with van der Waals surface area (Å²) in [5.74, 6) is -1.42. The van der Waals surface area contributed by atoms with Crippen LogP contribution in [0, 0.1) is 5.92 Å². The number of aliphatic carboxylic acids is 1. The first kappa shape index (κ1) is 21.3. The molecular formula is C19H26N2O7. The van der Waals surface area contributed by atoms with Gasteiger partial charge in [0, 0.05) is 5.56 Å². The Bertz CT molecular complexity index is 730. The maximum absolute atomic E-state index is 12.8. The number of carboxylic acid groups (broad SMARTS) is 1. The van der Waals surface area contributed by atoms with Crippen molar-refractivity contribution in [2.24, 2.45) is 11.7 Å². The lowest BCUT2D eigenvalue weighted by Crippen LogP contribution is -2.56. The van der Waals surface area contributed by atoms with Gasteiger partial charge in [-0.15, -0.1) is 0 Å². The maximum Gasteiger partial charge on any atom is 0.329 e. The zero-order chi connectivity index (χ0) is 20.9. The number of hydrogen-bond acceptors (Lipinski definition) is 6. The van der Waals surface area contributed by atoms with Crippen LogP contribution in [0.25, 0.3) is 0 Å². The lowest BCUT2D eigenvalue weighted by Gasteiger charge is -2.36. The van der Waals surface area contributed by atoms with Gasteiger partial charge >= 0.3 is 5.97 Å². The highest BCUT2D eigenvalue weighted by molar-refractivity contribution is 5.99. The van der Waals surface area contributed by atoms with Crippen LogP contribution in [-0.2, 0) is 9.59 Å². The number of carbonyl (C=O) groups is 3. The van der Waals surface area contributed by atoms with Crippen molar-refractivity contribution < 1.29 is 33.7 Å². The summed E-state index contributed by atoms with van der Waals surface area (Å²) in [6.07, 6.45) is 2.17. The van der Waals surface area contributed by atoms with Gasteiger partial charge in [-0.3, -0.25) is 9.59 Å². The van der Waals surface area contributed by atoms with E-state index in [0.29, 0.717) is 18.8 Å². The van der Waals surface area contributed by atoms with Gasteiger partial charge in [0.2, 0.25) is 5.75 Å². The van der Waals surface area contributed by atoms with E-state index in [0.717, 1.165) is 12.8 Å². The summed E-state index contributed by atoms with van der Waals surface area (Å²) >= 11 is 0. The number of methoxy groups -OCH3 is 2. The molecule has 2 rings (SSSR count). The number of amides is 2. The highest BCUT2D eigenvalue weighted by atomic mass is 16.5. The minimum atomic E-state index is -1.30. The van der Waals surface area contributed by atoms with Gasteiger partial charge in [-0.25, -0.2) is 4.79 Å². The summed E-state index contributed by atoms with van der Waals surface area (Å²) in [5, 5.41) is 12.4. The minimum Gasteiger partial charge on any atom is -0.493 e. The fourth-order valence-electron chi connectivity index (χ4n) is 3.23. The molecule has 0 spiro atoms. The molecule has 0 radical (unpaired) electrons. The summed E-state index contributed by atoms with van der Waals surface area (Å²) in [6.45, 7) is 1.67. The molecule has 0 atom stereocenters. The van der Waals surface area contributed by atoms with Crippen molar-refractivity contribution in [2.75, 3.05) is 20.8 Å². The van der Waals surface area contributed by atoms with E-state index in [1.54, 1.807) is 0 Å². The van der Waals surface area contributed by atoms with Crippen molar-refractivity contribution in [1.82, 2.24) is 5.32 Å². The lowest BCUT2D eigenvalue weighted by atomic mass is 9.77. The molecule has 0 heterocycles. The second-order valence-electron chi connectivity index (χ2n) is 6.99. The molecule has 1 aliphatic carbocycles. The number of hydrogen-bond donors (Lipinski definition) is 3. The molecule has 0 bridgehead atoms. The van der Waals surface area contributed by atoms with Crippen LogP contribution in [-0.4, -0.2) is 49.3 Å². The smallest absolute Gasteiger partial charge is 0.329 e. The molecule has 9 nitrogen and oxygen atoms in total. The SMILES string of the molecule is COc1cc(C(=O)NC2(C(=O)O)CCC(C)CC2)cc(OC)c1OCC(N)=O. The molecule has 28 heavy (non-hydrogen) atoms. The molecule has 4 N–H and O–H groups in total. The normalized spacial score (nSPS) is 21.5. The quantitative estimate of drug-likeness (QED) is 0.605. The van der Waals surface area contributed by atoms with E-state index in [1.807, 2.05) is 0 Å². The topological polar surface area (TPSA) is 137 Å². The Hall–Kier alpha value is -2.97. The minimum absolute atomic E-state index is 0.125. The Morgan fingerprint density at radius 1 is 1.18 bits per heavy atom. The number of carbonyl (C=O) groups excluding carboxylic acids is 2. The number of nitrogens with one attached hydrogen (secondary N) is 1. The largest absolute Gasteiger partial charge is 0.493 e. The first-order valence-corrected chi connectivity index (χ1v) is 8.95. The number of ether oxygens (including phenoxy) is 3. The first-order valence-electron chi connectivity index (χ1n) is 8.95. The summed E-state index contributed by atoms with van der Waals surface area (Å²) in [7, 11) is 2.74. The monoisotopic (exact) mass is 394 g/mol. The van der Waals surface area contributed by atoms with Crippen LogP contribution in [0.5, 0.6) is 17.2 Å². The molecule has 1 aliphatic rings. The van der Waals surface area contributed by atoms with Crippen LogP contribution >= 0.6 is 0 Å². The van der Waals surface area contributed by atoms with Crippen LogP contribution < -0.4 is 25.3 Å². The van der Waals surface area contributed by atoms with Crippen molar-refractivity contribution in [2.45, 2.75) is 38.1 Å². The molecule has 1 saturated carbocycles. The molecule has 1 fully saturated rings. The average molecular weight is 394 g/mol. The summed E-state index contributed by atoms with van der Waals surface area (Å²) < 4.78 is 15.8. The van der Waals surface area contributed by atoms with Gasteiger partial charge in [0.05, 0.1) is 14.2 Å². The van der Waals surface area contributed by atoms with Crippen molar-refractivity contribution in [3.05, 3.63) is 17.7 Å². The van der Waals surface area contributed by atoms with E-state index in [-0.39, 0.29) is 22.8 Å². The van der Waals surface area contributed by atoms with E-state index in [2.05, 4.69) is 12.2 Å². The zero-order valence-electron chi connectivity index (χ0n) is 16.2. The molecule has 154 valence electrons. The van der Waals surface area contributed by atoms with E-state index in [1.165, 1.54) is 26.4 Å². The molecule has 2 amide bonds. The van der Waals surface area contributed by atoms with Gasteiger partial charge in [0.15, 0.2) is 18.1 Å². The van der Waals surface area contributed by atoms with Crippen LogP contribution in [0.1, 0.15) is 43.0 Å². The first-order chi connectivity index (χ1) is 13.2. The fraction of sp³-hybridized carbons (Fsp3) is 0.526. The van der Waals surface area contributed by atoms with E-state index < -0.39 is 29.9 Å². The average Bonchev–Trinajstić information content (AvgIpc) is 2.67. The Morgan fingerprint density at radius 2 is 1.71 bits per heavy atom. The second-order valence-corrected chi connectivity index (χ2v) is 6.99. The summed E-state index contributed by atoms with van der Waals surface area (Å²) in [5.41, 5.74) is 3.94. The van der Waals surface area contributed by atoms with Gasteiger partial charge in [-0.05, 0) is 43.7 Å². The summed E-state index contributed by atoms with van der Waals surface area (Å²) in [6, 6.07) is 2.80. The van der Waals surface area contributed by atoms with Gasteiger partial charge in [-0.2, -0.15) is 0 Å². The van der Waals surface area contributed by atoms with Crippen molar-refractivity contribution in [3.8, 4) is 17.2 Å². The Morgan fingerprint density at radius 3 is 2.14 bits per heavy atom. The molecule has 0 aromatic heterocycles. The van der Waals surface area contributed by atoms with E-state index >= 15 is 0 Å². The molecule has 0 unspecified atom stereocenters. The number of benzene rings is 1. The number of rotatable bonds is 8. The van der Waals surface area contributed by atoms with Gasteiger partial charge in [-0.1, -0.05) is 6.92 Å². The fourth-order valence-corrected chi connectivity index (χ4v) is 3.23.